The van der Waals surface area contributed by atoms with Gasteiger partial charge >= 0.3 is 6.03 Å². The van der Waals surface area contributed by atoms with Gasteiger partial charge in [-0.3, -0.25) is 5.41 Å². The number of benzene rings is 2. The van der Waals surface area contributed by atoms with Gasteiger partial charge in [-0.25, -0.2) is 14.7 Å². The van der Waals surface area contributed by atoms with Gasteiger partial charge in [0.15, 0.2) is 11.5 Å². The Bertz CT molecular complexity index is 879. The summed E-state index contributed by atoms with van der Waals surface area (Å²) in [6.07, 6.45) is 1.52. The van der Waals surface area contributed by atoms with Crippen LogP contribution in [-0.2, 0) is 0 Å². The smallest absolute Gasteiger partial charge is 0.301 e. The fourth-order valence-electron chi connectivity index (χ4n) is 2.26. The van der Waals surface area contributed by atoms with Crippen molar-refractivity contribution in [2.75, 3.05) is 4.90 Å². The number of carbonyl (C=O) groups is 1. The predicted molar refractivity (Wildman–Crippen MR) is 91.9 cm³/mol. The van der Waals surface area contributed by atoms with Crippen LogP contribution in [0.4, 0.5) is 10.5 Å². The van der Waals surface area contributed by atoms with Crippen molar-refractivity contribution in [3.05, 3.63) is 77.6 Å². The van der Waals surface area contributed by atoms with Crippen molar-refractivity contribution in [3.8, 4) is 6.07 Å². The highest BCUT2D eigenvalue weighted by molar-refractivity contribution is 6.28. The summed E-state index contributed by atoms with van der Waals surface area (Å²) in [5.41, 5.74) is 1.45. The second-order valence-corrected chi connectivity index (χ2v) is 4.95. The Morgan fingerprint density at radius 2 is 1.75 bits per heavy atom. The Hall–Kier alpha value is -3.72. The number of nitrogens with one attached hydrogen (secondary N) is 2. The Morgan fingerprint density at radius 1 is 1.12 bits per heavy atom. The third kappa shape index (κ3) is 2.91. The van der Waals surface area contributed by atoms with Gasteiger partial charge in [0.2, 0.25) is 0 Å². The topological polar surface area (TPSA) is 92.3 Å². The minimum absolute atomic E-state index is 0.0179. The first kappa shape index (κ1) is 15.2. The lowest BCUT2D eigenvalue weighted by Gasteiger charge is -2.13. The van der Waals surface area contributed by atoms with Crippen LogP contribution < -0.4 is 10.2 Å². The van der Waals surface area contributed by atoms with E-state index in [1.165, 1.54) is 11.1 Å². The molecule has 0 saturated carbocycles. The molecule has 0 spiro atoms. The van der Waals surface area contributed by atoms with Crippen LogP contribution in [0.2, 0.25) is 0 Å². The average molecular weight is 315 g/mol. The van der Waals surface area contributed by atoms with Gasteiger partial charge in [-0.2, -0.15) is 5.26 Å². The van der Waals surface area contributed by atoms with Gasteiger partial charge in [0.25, 0.3) is 0 Å². The average Bonchev–Trinajstić information content (AvgIpc) is 2.92. The molecule has 1 saturated heterocycles. The summed E-state index contributed by atoms with van der Waals surface area (Å²) < 4.78 is 0. The van der Waals surface area contributed by atoms with Gasteiger partial charge in [0.1, 0.15) is 11.8 Å². The number of hydrogen-bond acceptors (Lipinski definition) is 4. The van der Waals surface area contributed by atoms with E-state index in [0.717, 1.165) is 5.56 Å². The number of carbonyl (C=O) groups excluding carboxylic acids is 1. The summed E-state index contributed by atoms with van der Waals surface area (Å²) in [5.74, 6) is -0.104. The summed E-state index contributed by atoms with van der Waals surface area (Å²) in [7, 11) is 0. The zero-order valence-corrected chi connectivity index (χ0v) is 12.6. The molecular formula is C18H13N5O. The molecule has 6 nitrogen and oxygen atoms in total. The minimum Gasteiger partial charge on any atom is -0.301 e. The molecule has 2 aromatic carbocycles. The number of nitriles is 1. The van der Waals surface area contributed by atoms with Crippen molar-refractivity contribution < 1.29 is 4.79 Å². The number of rotatable bonds is 3. The first-order chi connectivity index (χ1) is 11.7. The zero-order valence-electron chi connectivity index (χ0n) is 12.6. The summed E-state index contributed by atoms with van der Waals surface area (Å²) in [6.45, 7) is 0. The summed E-state index contributed by atoms with van der Waals surface area (Å²) in [5, 5.41) is 20.1. The predicted octanol–water partition coefficient (Wildman–Crippen LogP) is 3.05. The molecule has 1 aliphatic rings. The molecule has 2 aromatic rings. The number of amides is 2. The largest absolute Gasteiger partial charge is 0.332 e. The molecule has 0 aliphatic carbocycles. The number of hydrogen-bond donors (Lipinski definition) is 2. The lowest BCUT2D eigenvalue weighted by atomic mass is 10.2. The molecule has 0 atom stereocenters. The number of anilines is 1. The number of aliphatic imine (C=N–C) groups is 1. The van der Waals surface area contributed by atoms with E-state index in [-0.39, 0.29) is 17.2 Å². The van der Waals surface area contributed by atoms with Crippen molar-refractivity contribution in [1.82, 2.24) is 5.32 Å². The van der Waals surface area contributed by atoms with Crippen LogP contribution in [0.15, 0.2) is 77.1 Å². The van der Waals surface area contributed by atoms with Gasteiger partial charge in [0, 0.05) is 6.21 Å². The molecule has 0 bridgehead atoms. The van der Waals surface area contributed by atoms with Crippen LogP contribution >= 0.6 is 0 Å². The van der Waals surface area contributed by atoms with E-state index in [2.05, 4.69) is 10.3 Å². The molecule has 1 fully saturated rings. The SMILES string of the molecule is N#C/C(N=Cc1ccccc1)=C1\NC(=O)N(c2ccccc2)C1=N. The molecule has 24 heavy (non-hydrogen) atoms. The third-order valence-corrected chi connectivity index (χ3v) is 3.39. The van der Waals surface area contributed by atoms with Crippen molar-refractivity contribution in [2.24, 2.45) is 4.99 Å². The molecule has 6 heteroatoms. The maximum Gasteiger partial charge on any atom is 0.332 e. The fourth-order valence-corrected chi connectivity index (χ4v) is 2.26. The highest BCUT2D eigenvalue weighted by Gasteiger charge is 2.34. The standard InChI is InChI=1S/C18H13N5O/c19-11-15(21-12-13-7-3-1-4-8-13)16-17(20)23(18(24)22-16)14-9-5-2-6-10-14/h1-10,12,20H,(H,22,24)/b16-15+,20-17?,21-12?. The molecule has 3 rings (SSSR count). The molecule has 2 amide bonds. The Balaban J connectivity index is 1.94. The Kier molecular flexibility index (Phi) is 4.17. The van der Waals surface area contributed by atoms with Crippen molar-refractivity contribution in [1.29, 1.82) is 10.7 Å². The second-order valence-electron chi connectivity index (χ2n) is 4.95. The van der Waals surface area contributed by atoms with Gasteiger partial charge in [-0.05, 0) is 17.7 Å². The highest BCUT2D eigenvalue weighted by atomic mass is 16.2. The number of para-hydroxylation sites is 1. The Morgan fingerprint density at radius 3 is 2.38 bits per heavy atom. The van der Waals surface area contributed by atoms with Gasteiger partial charge in [0.05, 0.1) is 5.69 Å². The summed E-state index contributed by atoms with van der Waals surface area (Å²) in [4.78, 5) is 17.5. The van der Waals surface area contributed by atoms with Crippen LogP contribution in [0.3, 0.4) is 0 Å². The number of allylic oxidation sites excluding steroid dienone is 1. The van der Waals surface area contributed by atoms with Crippen LogP contribution in [0.25, 0.3) is 0 Å². The molecular weight excluding hydrogens is 302 g/mol. The zero-order chi connectivity index (χ0) is 16.9. The quantitative estimate of drug-likeness (QED) is 0.673. The second kappa shape index (κ2) is 6.58. The normalized spacial score (nSPS) is 16.2. The molecule has 116 valence electrons. The van der Waals surface area contributed by atoms with Crippen molar-refractivity contribution >= 4 is 23.8 Å². The maximum atomic E-state index is 12.2. The molecule has 0 unspecified atom stereocenters. The molecule has 1 aliphatic heterocycles. The van der Waals surface area contributed by atoms with Gasteiger partial charge in [-0.15, -0.1) is 0 Å². The van der Waals surface area contributed by atoms with Gasteiger partial charge < -0.3 is 5.32 Å². The molecule has 0 radical (unpaired) electrons. The van der Waals surface area contributed by atoms with Crippen LogP contribution in [0.1, 0.15) is 5.56 Å². The monoisotopic (exact) mass is 315 g/mol. The van der Waals surface area contributed by atoms with Gasteiger partial charge in [-0.1, -0.05) is 48.5 Å². The lowest BCUT2D eigenvalue weighted by molar-refractivity contribution is 0.253. The third-order valence-electron chi connectivity index (χ3n) is 3.39. The Labute approximate surface area is 138 Å². The highest BCUT2D eigenvalue weighted by Crippen LogP contribution is 2.22. The van der Waals surface area contributed by atoms with Crippen LogP contribution in [-0.4, -0.2) is 18.1 Å². The van der Waals surface area contributed by atoms with Crippen molar-refractivity contribution in [2.45, 2.75) is 0 Å². The van der Waals surface area contributed by atoms with E-state index in [4.69, 9.17) is 5.41 Å². The van der Waals surface area contributed by atoms with E-state index < -0.39 is 6.03 Å². The first-order valence-electron chi connectivity index (χ1n) is 7.19. The van der Waals surface area contributed by atoms with E-state index >= 15 is 0 Å². The van der Waals surface area contributed by atoms with E-state index in [9.17, 15) is 10.1 Å². The minimum atomic E-state index is -0.483. The van der Waals surface area contributed by atoms with E-state index in [0.29, 0.717) is 5.69 Å². The molecule has 0 aromatic heterocycles. The number of amidine groups is 1. The molecule has 2 N–H and O–H groups in total. The van der Waals surface area contributed by atoms with Crippen LogP contribution in [0, 0.1) is 16.7 Å². The first-order valence-corrected chi connectivity index (χ1v) is 7.19. The summed E-state index contributed by atoms with van der Waals surface area (Å²) >= 11 is 0. The van der Waals surface area contributed by atoms with E-state index in [1.54, 1.807) is 24.3 Å². The maximum absolute atomic E-state index is 12.2. The number of nitrogens with zero attached hydrogens (tertiary/aromatic N) is 3. The fraction of sp³-hybridized carbons (Fsp3) is 0. The number of urea groups is 1. The lowest BCUT2D eigenvalue weighted by Crippen LogP contribution is -2.30. The van der Waals surface area contributed by atoms with Crippen LogP contribution in [0.5, 0.6) is 0 Å². The van der Waals surface area contributed by atoms with E-state index in [1.807, 2.05) is 42.5 Å². The molecule has 1 heterocycles. The summed E-state index contributed by atoms with van der Waals surface area (Å²) in [6, 6.07) is 19.5. The van der Waals surface area contributed by atoms with Crippen molar-refractivity contribution in [3.63, 3.8) is 0 Å².